The SMILES string of the molecule is CC(C)[C@@H](NS(C)(=O)=O)C(=O)NCC[S@](=O)C(C)(C)C. The highest BCUT2D eigenvalue weighted by molar-refractivity contribution is 7.88. The van der Waals surface area contributed by atoms with Gasteiger partial charge in [0, 0.05) is 27.8 Å². The van der Waals surface area contributed by atoms with Gasteiger partial charge in [0.25, 0.3) is 0 Å². The van der Waals surface area contributed by atoms with Crippen molar-refractivity contribution in [3.63, 3.8) is 0 Å². The molecule has 0 fully saturated rings. The predicted molar refractivity (Wildman–Crippen MR) is 82.4 cm³/mol. The van der Waals surface area contributed by atoms with Crippen LogP contribution in [0.3, 0.4) is 0 Å². The second-order valence-corrected chi connectivity index (χ2v) is 10.2. The molecule has 0 aromatic heterocycles. The molecule has 120 valence electrons. The molecule has 20 heavy (non-hydrogen) atoms. The summed E-state index contributed by atoms with van der Waals surface area (Å²) in [5, 5.41) is 2.63. The Kier molecular flexibility index (Phi) is 7.34. The molecule has 0 rings (SSSR count). The molecular weight excluding hydrogens is 300 g/mol. The van der Waals surface area contributed by atoms with Crippen molar-refractivity contribution in [1.82, 2.24) is 10.0 Å². The van der Waals surface area contributed by atoms with E-state index in [1.807, 2.05) is 20.8 Å². The summed E-state index contributed by atoms with van der Waals surface area (Å²) in [6, 6.07) is -0.812. The van der Waals surface area contributed by atoms with Crippen molar-refractivity contribution >= 4 is 26.7 Å². The Balaban J connectivity index is 4.47. The molecule has 0 aliphatic rings. The Bertz CT molecular complexity index is 453. The first-order valence-electron chi connectivity index (χ1n) is 6.48. The zero-order valence-electron chi connectivity index (χ0n) is 13.0. The number of sulfonamides is 1. The van der Waals surface area contributed by atoms with Gasteiger partial charge in [0.05, 0.1) is 6.26 Å². The molecular formula is C12H26N2O4S2. The highest BCUT2D eigenvalue weighted by Gasteiger charge is 2.25. The number of hydrogen-bond acceptors (Lipinski definition) is 4. The fraction of sp³-hybridized carbons (Fsp3) is 0.917. The van der Waals surface area contributed by atoms with E-state index in [1.165, 1.54) is 0 Å². The Morgan fingerprint density at radius 1 is 1.25 bits per heavy atom. The van der Waals surface area contributed by atoms with Gasteiger partial charge in [-0.05, 0) is 26.7 Å². The Morgan fingerprint density at radius 2 is 1.75 bits per heavy atom. The highest BCUT2D eigenvalue weighted by atomic mass is 32.2. The van der Waals surface area contributed by atoms with E-state index in [1.54, 1.807) is 13.8 Å². The molecule has 0 aromatic rings. The van der Waals surface area contributed by atoms with E-state index in [-0.39, 0.29) is 17.2 Å². The molecule has 2 atom stereocenters. The van der Waals surface area contributed by atoms with Gasteiger partial charge in [0.1, 0.15) is 6.04 Å². The first kappa shape index (κ1) is 19.5. The van der Waals surface area contributed by atoms with Gasteiger partial charge in [-0.3, -0.25) is 9.00 Å². The highest BCUT2D eigenvalue weighted by Crippen LogP contribution is 2.10. The summed E-state index contributed by atoms with van der Waals surface area (Å²) < 4.78 is 36.3. The van der Waals surface area contributed by atoms with Crippen molar-refractivity contribution in [1.29, 1.82) is 0 Å². The second kappa shape index (κ2) is 7.51. The lowest BCUT2D eigenvalue weighted by molar-refractivity contribution is -0.123. The Hall–Kier alpha value is -0.470. The Labute approximate surface area is 124 Å². The molecule has 0 saturated carbocycles. The van der Waals surface area contributed by atoms with Crippen LogP contribution >= 0.6 is 0 Å². The van der Waals surface area contributed by atoms with E-state index >= 15 is 0 Å². The van der Waals surface area contributed by atoms with Crippen LogP contribution in [0.4, 0.5) is 0 Å². The van der Waals surface area contributed by atoms with Crippen molar-refractivity contribution in [3.05, 3.63) is 0 Å². The summed E-state index contributed by atoms with van der Waals surface area (Å²) in [5.74, 6) is -0.215. The minimum absolute atomic E-state index is 0.169. The molecule has 0 aliphatic carbocycles. The summed E-state index contributed by atoms with van der Waals surface area (Å²) in [6.45, 7) is 9.38. The molecule has 1 amide bonds. The van der Waals surface area contributed by atoms with Crippen molar-refractivity contribution in [2.24, 2.45) is 5.92 Å². The average molecular weight is 326 g/mol. The van der Waals surface area contributed by atoms with Gasteiger partial charge in [-0.1, -0.05) is 13.8 Å². The molecule has 0 radical (unpaired) electrons. The Morgan fingerprint density at radius 3 is 2.10 bits per heavy atom. The quantitative estimate of drug-likeness (QED) is 0.700. The van der Waals surface area contributed by atoms with Gasteiger partial charge < -0.3 is 5.32 Å². The molecule has 0 heterocycles. The lowest BCUT2D eigenvalue weighted by atomic mass is 10.1. The minimum Gasteiger partial charge on any atom is -0.354 e. The maximum Gasteiger partial charge on any atom is 0.238 e. The van der Waals surface area contributed by atoms with E-state index in [0.29, 0.717) is 5.75 Å². The van der Waals surface area contributed by atoms with Crippen LogP contribution < -0.4 is 10.0 Å². The van der Waals surface area contributed by atoms with Crippen LogP contribution in [0, 0.1) is 5.92 Å². The van der Waals surface area contributed by atoms with E-state index in [4.69, 9.17) is 0 Å². The molecule has 0 aromatic carbocycles. The van der Waals surface area contributed by atoms with E-state index in [2.05, 4.69) is 10.0 Å². The van der Waals surface area contributed by atoms with Crippen LogP contribution in [0.2, 0.25) is 0 Å². The average Bonchev–Trinajstić information content (AvgIpc) is 2.22. The summed E-state index contributed by atoms with van der Waals surface area (Å²) in [4.78, 5) is 12.0. The van der Waals surface area contributed by atoms with Gasteiger partial charge in [0.2, 0.25) is 15.9 Å². The zero-order valence-corrected chi connectivity index (χ0v) is 14.7. The number of rotatable bonds is 7. The molecule has 0 unspecified atom stereocenters. The molecule has 6 nitrogen and oxygen atoms in total. The number of carbonyl (C=O) groups is 1. The molecule has 0 saturated heterocycles. The topological polar surface area (TPSA) is 92.3 Å². The molecule has 0 bridgehead atoms. The van der Waals surface area contributed by atoms with Gasteiger partial charge in [0.15, 0.2) is 0 Å². The molecule has 0 aliphatic heterocycles. The lowest BCUT2D eigenvalue weighted by Gasteiger charge is -2.21. The van der Waals surface area contributed by atoms with Crippen molar-refractivity contribution < 1.29 is 17.4 Å². The van der Waals surface area contributed by atoms with Gasteiger partial charge in [-0.2, -0.15) is 0 Å². The first-order chi connectivity index (χ1) is 8.84. The number of amides is 1. The second-order valence-electron chi connectivity index (χ2n) is 6.06. The van der Waals surface area contributed by atoms with Gasteiger partial charge >= 0.3 is 0 Å². The number of carbonyl (C=O) groups excluding carboxylic acids is 1. The van der Waals surface area contributed by atoms with E-state index in [9.17, 15) is 17.4 Å². The smallest absolute Gasteiger partial charge is 0.238 e. The third-order valence-corrected chi connectivity index (χ3v) is 5.18. The van der Waals surface area contributed by atoms with Gasteiger partial charge in [-0.25, -0.2) is 13.1 Å². The number of hydrogen-bond donors (Lipinski definition) is 2. The van der Waals surface area contributed by atoms with Crippen LogP contribution in [0.15, 0.2) is 0 Å². The van der Waals surface area contributed by atoms with E-state index < -0.39 is 32.8 Å². The first-order valence-corrected chi connectivity index (χ1v) is 9.69. The van der Waals surface area contributed by atoms with Gasteiger partial charge in [-0.15, -0.1) is 0 Å². The fourth-order valence-electron chi connectivity index (χ4n) is 1.41. The maximum absolute atomic E-state index is 12.0. The largest absolute Gasteiger partial charge is 0.354 e. The summed E-state index contributed by atoms with van der Waals surface area (Å²) in [6.07, 6.45) is 1.02. The third-order valence-electron chi connectivity index (χ3n) is 2.56. The van der Waals surface area contributed by atoms with Crippen LogP contribution in [-0.4, -0.2) is 47.9 Å². The maximum atomic E-state index is 12.0. The zero-order chi connectivity index (χ0) is 16.1. The van der Waals surface area contributed by atoms with Crippen LogP contribution in [-0.2, 0) is 25.6 Å². The van der Waals surface area contributed by atoms with E-state index in [0.717, 1.165) is 6.26 Å². The monoisotopic (exact) mass is 326 g/mol. The van der Waals surface area contributed by atoms with Crippen LogP contribution in [0.5, 0.6) is 0 Å². The van der Waals surface area contributed by atoms with Crippen LogP contribution in [0.1, 0.15) is 34.6 Å². The van der Waals surface area contributed by atoms with Crippen molar-refractivity contribution in [2.45, 2.75) is 45.4 Å². The minimum atomic E-state index is -3.45. The van der Waals surface area contributed by atoms with Crippen molar-refractivity contribution in [3.8, 4) is 0 Å². The third kappa shape index (κ3) is 7.96. The lowest BCUT2D eigenvalue weighted by Crippen LogP contribution is -2.50. The standard InChI is InChI=1S/C12H26N2O4S2/c1-9(2)10(14-20(6,17)18)11(15)13-7-8-19(16)12(3,4)5/h9-10,14H,7-8H2,1-6H3,(H,13,15)/t10-,19+/m1/s1. The summed E-state index contributed by atoms with van der Waals surface area (Å²) >= 11 is 0. The molecule has 0 spiro atoms. The predicted octanol–water partition coefficient (Wildman–Crippen LogP) is 0.224. The summed E-state index contributed by atoms with van der Waals surface area (Å²) in [7, 11) is -4.50. The molecule has 8 heteroatoms. The molecule has 2 N–H and O–H groups in total. The number of nitrogens with one attached hydrogen (secondary N) is 2. The van der Waals surface area contributed by atoms with Crippen molar-refractivity contribution in [2.75, 3.05) is 18.6 Å². The van der Waals surface area contributed by atoms with Crippen LogP contribution in [0.25, 0.3) is 0 Å². The normalized spacial score (nSPS) is 15.9. The summed E-state index contributed by atoms with van der Waals surface area (Å²) in [5.41, 5.74) is 0. The fourth-order valence-corrected chi connectivity index (χ4v) is 3.15.